The summed E-state index contributed by atoms with van der Waals surface area (Å²) in [6, 6.07) is 6.09. The Labute approximate surface area is 177 Å². The van der Waals surface area contributed by atoms with E-state index in [1.165, 1.54) is 64.2 Å². The van der Waals surface area contributed by atoms with Crippen LogP contribution < -0.4 is 5.73 Å². The number of phenolic OH excluding ortho intramolecular Hbond substituents is 1. The number of carbonyl (C=O) groups excluding carboxylic acids is 1. The van der Waals surface area contributed by atoms with Crippen molar-refractivity contribution in [3.63, 3.8) is 0 Å². The summed E-state index contributed by atoms with van der Waals surface area (Å²) in [5.74, 6) is -0.131. The van der Waals surface area contributed by atoms with Crippen molar-refractivity contribution in [1.82, 2.24) is 0 Å². The van der Waals surface area contributed by atoms with Crippen molar-refractivity contribution >= 4 is 18.4 Å². The first-order valence-electron chi connectivity index (χ1n) is 10.8. The van der Waals surface area contributed by atoms with Gasteiger partial charge in [0, 0.05) is 0 Å². The SMILES string of the molecule is CCCCCCCCCCCCCCOC(=O)C(N)Cc1ccc(O)cc1.Cl. The number of esters is 1. The van der Waals surface area contributed by atoms with E-state index in [0.29, 0.717) is 13.0 Å². The fraction of sp³-hybridized carbons (Fsp3) is 0.696. The zero-order valence-corrected chi connectivity index (χ0v) is 18.4. The van der Waals surface area contributed by atoms with Gasteiger partial charge in [0.2, 0.25) is 0 Å². The number of hydrogen-bond donors (Lipinski definition) is 2. The molecule has 0 aromatic heterocycles. The first-order chi connectivity index (χ1) is 13.1. The number of rotatable bonds is 16. The highest BCUT2D eigenvalue weighted by Gasteiger charge is 2.15. The van der Waals surface area contributed by atoms with Crippen LogP contribution in [-0.2, 0) is 16.0 Å². The molecule has 0 aliphatic carbocycles. The number of halogens is 1. The largest absolute Gasteiger partial charge is 0.508 e. The average Bonchev–Trinajstić information content (AvgIpc) is 2.67. The van der Waals surface area contributed by atoms with E-state index in [1.807, 2.05) is 0 Å². The monoisotopic (exact) mass is 413 g/mol. The van der Waals surface area contributed by atoms with Crippen LogP contribution in [0, 0.1) is 0 Å². The normalized spacial score (nSPS) is 11.6. The Balaban J connectivity index is 0.00000729. The Kier molecular flexibility index (Phi) is 17.0. The predicted molar refractivity (Wildman–Crippen MR) is 119 cm³/mol. The highest BCUT2D eigenvalue weighted by Crippen LogP contribution is 2.13. The van der Waals surface area contributed by atoms with E-state index >= 15 is 0 Å². The molecule has 1 rings (SSSR count). The summed E-state index contributed by atoms with van der Waals surface area (Å²) in [6.07, 6.45) is 15.9. The van der Waals surface area contributed by atoms with Gasteiger partial charge in [-0.15, -0.1) is 12.4 Å². The van der Waals surface area contributed by atoms with E-state index in [0.717, 1.165) is 18.4 Å². The van der Waals surface area contributed by atoms with E-state index < -0.39 is 6.04 Å². The Morgan fingerprint density at radius 2 is 1.36 bits per heavy atom. The van der Waals surface area contributed by atoms with Gasteiger partial charge in [-0.3, -0.25) is 4.79 Å². The summed E-state index contributed by atoms with van der Waals surface area (Å²) in [5, 5.41) is 9.26. The fourth-order valence-electron chi connectivity index (χ4n) is 3.19. The van der Waals surface area contributed by atoms with Gasteiger partial charge in [0.25, 0.3) is 0 Å². The second-order valence-electron chi connectivity index (χ2n) is 7.53. The molecule has 0 saturated heterocycles. The van der Waals surface area contributed by atoms with E-state index in [-0.39, 0.29) is 24.1 Å². The van der Waals surface area contributed by atoms with Crippen LogP contribution in [-0.4, -0.2) is 23.7 Å². The molecule has 0 aliphatic heterocycles. The van der Waals surface area contributed by atoms with Crippen molar-refractivity contribution in [3.05, 3.63) is 29.8 Å². The molecule has 3 N–H and O–H groups in total. The van der Waals surface area contributed by atoms with Gasteiger partial charge in [-0.05, 0) is 30.5 Å². The van der Waals surface area contributed by atoms with Gasteiger partial charge in [-0.1, -0.05) is 89.7 Å². The molecule has 1 aromatic carbocycles. The van der Waals surface area contributed by atoms with Crippen LogP contribution in [0.25, 0.3) is 0 Å². The van der Waals surface area contributed by atoms with Crippen LogP contribution in [0.5, 0.6) is 5.75 Å². The number of benzene rings is 1. The van der Waals surface area contributed by atoms with Crippen molar-refractivity contribution < 1.29 is 14.6 Å². The first kappa shape index (κ1) is 26.7. The molecule has 4 nitrogen and oxygen atoms in total. The molecule has 28 heavy (non-hydrogen) atoms. The summed E-state index contributed by atoms with van der Waals surface area (Å²) in [6.45, 7) is 2.71. The lowest BCUT2D eigenvalue weighted by molar-refractivity contribution is -0.145. The van der Waals surface area contributed by atoms with Gasteiger partial charge >= 0.3 is 5.97 Å². The molecular weight excluding hydrogens is 374 g/mol. The van der Waals surface area contributed by atoms with E-state index in [4.69, 9.17) is 10.5 Å². The van der Waals surface area contributed by atoms with Crippen molar-refractivity contribution in [2.45, 2.75) is 96.4 Å². The van der Waals surface area contributed by atoms with E-state index in [1.54, 1.807) is 24.3 Å². The lowest BCUT2D eigenvalue weighted by Crippen LogP contribution is -2.34. The fourth-order valence-corrected chi connectivity index (χ4v) is 3.19. The Morgan fingerprint density at radius 1 is 0.893 bits per heavy atom. The maximum atomic E-state index is 11.9. The van der Waals surface area contributed by atoms with Crippen LogP contribution in [0.1, 0.15) is 89.5 Å². The minimum Gasteiger partial charge on any atom is -0.508 e. The first-order valence-corrected chi connectivity index (χ1v) is 10.8. The summed E-state index contributed by atoms with van der Waals surface area (Å²) < 4.78 is 5.28. The van der Waals surface area contributed by atoms with E-state index in [2.05, 4.69) is 6.92 Å². The number of phenols is 1. The zero-order chi connectivity index (χ0) is 19.7. The number of ether oxygens (including phenoxy) is 1. The Hall–Kier alpha value is -1.26. The molecule has 1 aromatic rings. The van der Waals surface area contributed by atoms with Crippen LogP contribution in [0.3, 0.4) is 0 Å². The molecule has 0 amide bonds. The standard InChI is InChI=1S/C23H39NO3.ClH/c1-2-3-4-5-6-7-8-9-10-11-12-13-18-27-23(26)22(24)19-20-14-16-21(25)17-15-20;/h14-17,22,25H,2-13,18-19,24H2,1H3;1H. The highest BCUT2D eigenvalue weighted by atomic mass is 35.5. The molecule has 162 valence electrons. The van der Waals surface area contributed by atoms with Crippen molar-refractivity contribution in [2.75, 3.05) is 6.61 Å². The second-order valence-corrected chi connectivity index (χ2v) is 7.53. The summed E-state index contributed by atoms with van der Waals surface area (Å²) in [5.41, 5.74) is 6.82. The van der Waals surface area contributed by atoms with E-state index in [9.17, 15) is 9.90 Å². The maximum Gasteiger partial charge on any atom is 0.323 e. The van der Waals surface area contributed by atoms with Gasteiger partial charge in [0.05, 0.1) is 6.61 Å². The number of aromatic hydroxyl groups is 1. The molecule has 0 saturated carbocycles. The van der Waals surface area contributed by atoms with Gasteiger partial charge in [-0.25, -0.2) is 0 Å². The van der Waals surface area contributed by atoms with Crippen molar-refractivity contribution in [2.24, 2.45) is 5.73 Å². The summed E-state index contributed by atoms with van der Waals surface area (Å²) in [7, 11) is 0. The third kappa shape index (κ3) is 13.8. The van der Waals surface area contributed by atoms with Gasteiger partial charge in [0.15, 0.2) is 0 Å². The highest BCUT2D eigenvalue weighted by molar-refractivity contribution is 5.85. The molecule has 0 heterocycles. The zero-order valence-electron chi connectivity index (χ0n) is 17.5. The minimum absolute atomic E-state index is 0. The predicted octanol–water partition coefficient (Wildman–Crippen LogP) is 5.93. The van der Waals surface area contributed by atoms with Crippen molar-refractivity contribution in [3.8, 4) is 5.75 Å². The molecule has 0 aliphatic rings. The topological polar surface area (TPSA) is 72.5 Å². The molecule has 0 fully saturated rings. The average molecular weight is 414 g/mol. The molecule has 5 heteroatoms. The van der Waals surface area contributed by atoms with Gasteiger partial charge in [-0.2, -0.15) is 0 Å². The third-order valence-electron chi connectivity index (χ3n) is 4.94. The lowest BCUT2D eigenvalue weighted by atomic mass is 10.1. The van der Waals surface area contributed by atoms with Crippen LogP contribution in [0.4, 0.5) is 0 Å². The summed E-state index contributed by atoms with van der Waals surface area (Å²) in [4.78, 5) is 11.9. The molecule has 0 spiro atoms. The third-order valence-corrected chi connectivity index (χ3v) is 4.94. The lowest BCUT2D eigenvalue weighted by Gasteiger charge is -2.11. The van der Waals surface area contributed by atoms with Crippen LogP contribution in [0.2, 0.25) is 0 Å². The Bertz CT molecular complexity index is 493. The molecule has 1 atom stereocenters. The molecule has 0 radical (unpaired) electrons. The van der Waals surface area contributed by atoms with Gasteiger partial charge < -0.3 is 15.6 Å². The molecule has 0 bridgehead atoms. The number of carbonyl (C=O) groups is 1. The summed E-state index contributed by atoms with van der Waals surface area (Å²) >= 11 is 0. The number of unbranched alkanes of at least 4 members (excludes halogenated alkanes) is 11. The molecular formula is C23H40ClNO3. The van der Waals surface area contributed by atoms with Gasteiger partial charge in [0.1, 0.15) is 11.8 Å². The quantitative estimate of drug-likeness (QED) is 0.260. The van der Waals surface area contributed by atoms with Crippen molar-refractivity contribution in [1.29, 1.82) is 0 Å². The number of nitrogens with two attached hydrogens (primary N) is 1. The Morgan fingerprint density at radius 3 is 1.86 bits per heavy atom. The van der Waals surface area contributed by atoms with Crippen LogP contribution >= 0.6 is 12.4 Å². The smallest absolute Gasteiger partial charge is 0.323 e. The second kappa shape index (κ2) is 17.8. The molecule has 1 unspecified atom stereocenters. The van der Waals surface area contributed by atoms with Crippen LogP contribution in [0.15, 0.2) is 24.3 Å². The number of hydrogen-bond acceptors (Lipinski definition) is 4. The maximum absolute atomic E-state index is 11.9. The minimum atomic E-state index is -0.646.